The molecule has 2 amide bonds. The van der Waals surface area contributed by atoms with Crippen molar-refractivity contribution in [1.29, 1.82) is 0 Å². The van der Waals surface area contributed by atoms with Crippen LogP contribution in [-0.4, -0.2) is 35.6 Å². The molecule has 1 aliphatic rings. The highest BCUT2D eigenvalue weighted by atomic mass is 19.1. The van der Waals surface area contributed by atoms with Crippen LogP contribution >= 0.6 is 0 Å². The van der Waals surface area contributed by atoms with E-state index < -0.39 is 11.7 Å². The van der Waals surface area contributed by atoms with Crippen LogP contribution in [0.1, 0.15) is 38.7 Å². The number of hydrogen-bond donors (Lipinski definition) is 1. The molecule has 1 atom stereocenters. The Kier molecular flexibility index (Phi) is 6.28. The molecule has 0 spiro atoms. The number of ketones is 1. The summed E-state index contributed by atoms with van der Waals surface area (Å²) in [6, 6.07) is 4.40. The van der Waals surface area contributed by atoms with E-state index in [1.807, 2.05) is 13.8 Å². The highest BCUT2D eigenvalue weighted by molar-refractivity contribution is 6.36. The first kappa shape index (κ1) is 19.1. The van der Waals surface area contributed by atoms with Crippen molar-refractivity contribution in [2.45, 2.75) is 40.0 Å². The van der Waals surface area contributed by atoms with Crippen LogP contribution in [0.5, 0.6) is 0 Å². The van der Waals surface area contributed by atoms with E-state index in [2.05, 4.69) is 5.32 Å². The number of likely N-dealkylation sites (tertiary alicyclic amines) is 1. The van der Waals surface area contributed by atoms with E-state index in [-0.39, 0.29) is 36.5 Å². The lowest BCUT2D eigenvalue weighted by atomic mass is 9.96. The topological polar surface area (TPSA) is 66.5 Å². The van der Waals surface area contributed by atoms with Gasteiger partial charge in [0, 0.05) is 25.2 Å². The largest absolute Gasteiger partial charge is 0.335 e. The first-order chi connectivity index (χ1) is 11.8. The van der Waals surface area contributed by atoms with Crippen molar-refractivity contribution in [3.05, 3.63) is 29.6 Å². The molecule has 0 aromatic heterocycles. The van der Waals surface area contributed by atoms with Gasteiger partial charge in [-0.15, -0.1) is 0 Å². The number of anilines is 1. The van der Waals surface area contributed by atoms with Crippen LogP contribution < -0.4 is 5.32 Å². The Morgan fingerprint density at radius 2 is 2.04 bits per heavy atom. The quantitative estimate of drug-likeness (QED) is 0.832. The fourth-order valence-electron chi connectivity index (χ4n) is 2.98. The Morgan fingerprint density at radius 1 is 1.32 bits per heavy atom. The maximum Gasteiger partial charge on any atom is 0.289 e. The molecular formula is C19H25FN2O3. The maximum atomic E-state index is 13.3. The van der Waals surface area contributed by atoms with E-state index >= 15 is 0 Å². The average molecular weight is 348 g/mol. The number of carbonyl (C=O) groups is 3. The Balaban J connectivity index is 1.97. The predicted octanol–water partition coefficient (Wildman–Crippen LogP) is 2.93. The summed E-state index contributed by atoms with van der Waals surface area (Å²) in [5.41, 5.74) is 0.987. The molecular weight excluding hydrogens is 323 g/mol. The third kappa shape index (κ3) is 5.11. The van der Waals surface area contributed by atoms with Gasteiger partial charge >= 0.3 is 0 Å². The minimum Gasteiger partial charge on any atom is -0.335 e. The normalized spacial score (nSPS) is 17.5. The molecule has 0 radical (unpaired) electrons. The summed E-state index contributed by atoms with van der Waals surface area (Å²) in [6.45, 7) is 6.16. The van der Waals surface area contributed by atoms with Crippen LogP contribution in [-0.2, 0) is 14.4 Å². The molecule has 1 fully saturated rings. The Labute approximate surface area is 147 Å². The number of benzene rings is 1. The number of nitrogens with one attached hydrogen (secondary N) is 1. The van der Waals surface area contributed by atoms with E-state index in [0.717, 1.165) is 0 Å². The van der Waals surface area contributed by atoms with Crippen LogP contribution in [0.3, 0.4) is 0 Å². The van der Waals surface area contributed by atoms with Crippen LogP contribution in [0.4, 0.5) is 10.1 Å². The van der Waals surface area contributed by atoms with Crippen molar-refractivity contribution in [2.75, 3.05) is 18.4 Å². The summed E-state index contributed by atoms with van der Waals surface area (Å²) in [4.78, 5) is 38.1. The Bertz CT molecular complexity index is 673. The maximum absolute atomic E-state index is 13.3. The minimum absolute atomic E-state index is 0.127. The Morgan fingerprint density at radius 3 is 2.68 bits per heavy atom. The average Bonchev–Trinajstić information content (AvgIpc) is 2.57. The monoisotopic (exact) mass is 348 g/mol. The fourth-order valence-corrected chi connectivity index (χ4v) is 2.98. The predicted molar refractivity (Wildman–Crippen MR) is 93.5 cm³/mol. The van der Waals surface area contributed by atoms with Crippen molar-refractivity contribution in [2.24, 2.45) is 11.8 Å². The molecule has 0 aliphatic carbocycles. The van der Waals surface area contributed by atoms with Crippen LogP contribution in [0.15, 0.2) is 18.2 Å². The van der Waals surface area contributed by atoms with Gasteiger partial charge < -0.3 is 10.2 Å². The standard InChI is InChI=1S/C19H25FN2O3/c1-12(2)9-17(23)19(25)22-8-4-5-14(11-22)18(24)21-15-6-7-16(20)13(3)10-15/h6-7,10,12,14H,4-5,8-9,11H2,1-3H3,(H,21,24)/t14-/m0/s1. The molecule has 25 heavy (non-hydrogen) atoms. The Hall–Kier alpha value is -2.24. The van der Waals surface area contributed by atoms with Gasteiger partial charge in [0.1, 0.15) is 5.82 Å². The lowest BCUT2D eigenvalue weighted by Crippen LogP contribution is -2.46. The van der Waals surface area contributed by atoms with Crippen molar-refractivity contribution in [1.82, 2.24) is 4.90 Å². The highest BCUT2D eigenvalue weighted by Crippen LogP contribution is 2.21. The van der Waals surface area contributed by atoms with Crippen molar-refractivity contribution >= 4 is 23.3 Å². The zero-order chi connectivity index (χ0) is 18.6. The van der Waals surface area contributed by atoms with Gasteiger partial charge in [-0.3, -0.25) is 14.4 Å². The first-order valence-corrected chi connectivity index (χ1v) is 8.67. The lowest BCUT2D eigenvalue weighted by molar-refractivity contribution is -0.146. The van der Waals surface area contributed by atoms with E-state index in [4.69, 9.17) is 0 Å². The van der Waals surface area contributed by atoms with Gasteiger partial charge in [-0.2, -0.15) is 0 Å². The van der Waals surface area contributed by atoms with Gasteiger partial charge in [-0.05, 0) is 49.4 Å². The summed E-state index contributed by atoms with van der Waals surface area (Å²) >= 11 is 0. The molecule has 1 aromatic carbocycles. The third-order valence-corrected chi connectivity index (χ3v) is 4.34. The van der Waals surface area contributed by atoms with Gasteiger partial charge in [0.05, 0.1) is 5.92 Å². The molecule has 136 valence electrons. The van der Waals surface area contributed by atoms with Crippen molar-refractivity contribution in [3.8, 4) is 0 Å². The number of halogens is 1. The summed E-state index contributed by atoms with van der Waals surface area (Å²) in [6.07, 6.45) is 1.57. The van der Waals surface area contributed by atoms with Gasteiger partial charge in [0.25, 0.3) is 5.91 Å². The fraction of sp³-hybridized carbons (Fsp3) is 0.526. The van der Waals surface area contributed by atoms with Crippen LogP contribution in [0.2, 0.25) is 0 Å². The number of amides is 2. The van der Waals surface area contributed by atoms with Gasteiger partial charge in [0.15, 0.2) is 0 Å². The number of hydrogen-bond acceptors (Lipinski definition) is 3. The van der Waals surface area contributed by atoms with E-state index in [9.17, 15) is 18.8 Å². The zero-order valence-corrected chi connectivity index (χ0v) is 15.0. The smallest absolute Gasteiger partial charge is 0.289 e. The number of aryl methyl sites for hydroxylation is 1. The first-order valence-electron chi connectivity index (χ1n) is 8.67. The third-order valence-electron chi connectivity index (χ3n) is 4.34. The molecule has 0 bridgehead atoms. The van der Waals surface area contributed by atoms with E-state index in [1.54, 1.807) is 13.0 Å². The highest BCUT2D eigenvalue weighted by Gasteiger charge is 2.31. The van der Waals surface area contributed by atoms with Crippen molar-refractivity contribution < 1.29 is 18.8 Å². The molecule has 1 N–H and O–H groups in total. The number of carbonyl (C=O) groups excluding carboxylic acids is 3. The van der Waals surface area contributed by atoms with E-state index in [0.29, 0.717) is 30.6 Å². The van der Waals surface area contributed by atoms with E-state index in [1.165, 1.54) is 17.0 Å². The van der Waals surface area contributed by atoms with Crippen molar-refractivity contribution in [3.63, 3.8) is 0 Å². The molecule has 6 heteroatoms. The second kappa shape index (κ2) is 8.23. The SMILES string of the molecule is Cc1cc(NC(=O)[C@H]2CCCN(C(=O)C(=O)CC(C)C)C2)ccc1F. The summed E-state index contributed by atoms with van der Waals surface area (Å²) in [5, 5.41) is 2.77. The number of rotatable bonds is 5. The molecule has 0 saturated carbocycles. The molecule has 0 unspecified atom stereocenters. The molecule has 1 heterocycles. The van der Waals surface area contributed by atoms with Crippen LogP contribution in [0.25, 0.3) is 0 Å². The summed E-state index contributed by atoms with van der Waals surface area (Å²) < 4.78 is 13.3. The van der Waals surface area contributed by atoms with Gasteiger partial charge in [0.2, 0.25) is 11.7 Å². The summed E-state index contributed by atoms with van der Waals surface area (Å²) in [5.74, 6) is -1.66. The molecule has 1 saturated heterocycles. The van der Waals surface area contributed by atoms with Gasteiger partial charge in [-0.1, -0.05) is 13.8 Å². The number of piperidine rings is 1. The number of Topliss-reactive ketones (excluding diaryl/α,β-unsaturated/α-hetero) is 1. The second-order valence-electron chi connectivity index (χ2n) is 7.06. The number of nitrogens with zero attached hydrogens (tertiary/aromatic N) is 1. The van der Waals surface area contributed by atoms with Gasteiger partial charge in [-0.25, -0.2) is 4.39 Å². The zero-order valence-electron chi connectivity index (χ0n) is 15.0. The molecule has 1 aromatic rings. The summed E-state index contributed by atoms with van der Waals surface area (Å²) in [7, 11) is 0. The lowest BCUT2D eigenvalue weighted by Gasteiger charge is -2.31. The molecule has 2 rings (SSSR count). The second-order valence-corrected chi connectivity index (χ2v) is 7.06. The molecule has 5 nitrogen and oxygen atoms in total. The van der Waals surface area contributed by atoms with Crippen LogP contribution in [0, 0.1) is 24.6 Å². The molecule has 1 aliphatic heterocycles. The minimum atomic E-state index is -0.496.